The maximum Gasteiger partial charge on any atom is 0.328 e. The summed E-state index contributed by atoms with van der Waals surface area (Å²) in [6.07, 6.45) is 0. The number of ether oxygens (including phenoxy) is 1. The lowest BCUT2D eigenvalue weighted by molar-refractivity contribution is -0.145. The van der Waals surface area contributed by atoms with Gasteiger partial charge in [-0.1, -0.05) is 12.1 Å². The SMILES string of the molecule is Cc1cc(C)n(CC(=O)OCc2cccc(S(=O)(=O)N(C)C)c2)n1. The third-order valence-electron chi connectivity index (χ3n) is 3.46. The molecule has 0 spiro atoms. The molecule has 0 radical (unpaired) electrons. The fourth-order valence-corrected chi connectivity index (χ4v) is 3.15. The summed E-state index contributed by atoms with van der Waals surface area (Å²) in [6.45, 7) is 3.75. The van der Waals surface area contributed by atoms with Gasteiger partial charge in [0.25, 0.3) is 0 Å². The first-order chi connectivity index (χ1) is 11.2. The molecular formula is C16H21N3O4S. The number of aryl methyl sites for hydroxylation is 2. The van der Waals surface area contributed by atoms with E-state index in [2.05, 4.69) is 5.10 Å². The lowest BCUT2D eigenvalue weighted by Gasteiger charge is -2.12. The number of hydrogen-bond donors (Lipinski definition) is 0. The molecule has 0 saturated heterocycles. The van der Waals surface area contributed by atoms with Crippen molar-refractivity contribution < 1.29 is 17.9 Å². The Morgan fingerprint density at radius 2 is 1.96 bits per heavy atom. The molecule has 0 unspecified atom stereocenters. The highest BCUT2D eigenvalue weighted by Gasteiger charge is 2.17. The van der Waals surface area contributed by atoms with Gasteiger partial charge in [0.1, 0.15) is 13.2 Å². The van der Waals surface area contributed by atoms with E-state index < -0.39 is 16.0 Å². The lowest BCUT2D eigenvalue weighted by atomic mass is 10.2. The highest BCUT2D eigenvalue weighted by molar-refractivity contribution is 7.89. The Morgan fingerprint density at radius 3 is 2.54 bits per heavy atom. The van der Waals surface area contributed by atoms with E-state index in [4.69, 9.17) is 4.74 Å². The maximum atomic E-state index is 12.1. The van der Waals surface area contributed by atoms with Crippen LogP contribution >= 0.6 is 0 Å². The molecule has 1 aromatic carbocycles. The first-order valence-corrected chi connectivity index (χ1v) is 8.82. The van der Waals surface area contributed by atoms with Crippen molar-refractivity contribution in [3.8, 4) is 0 Å². The van der Waals surface area contributed by atoms with Gasteiger partial charge in [-0.2, -0.15) is 5.10 Å². The molecule has 0 saturated carbocycles. The molecule has 2 rings (SSSR count). The molecule has 0 N–H and O–H groups in total. The number of carbonyl (C=O) groups is 1. The van der Waals surface area contributed by atoms with Crippen molar-refractivity contribution >= 4 is 16.0 Å². The minimum absolute atomic E-state index is 0.00885. The zero-order valence-corrected chi connectivity index (χ0v) is 15.0. The summed E-state index contributed by atoms with van der Waals surface area (Å²) in [5.74, 6) is -0.429. The number of hydrogen-bond acceptors (Lipinski definition) is 5. The summed E-state index contributed by atoms with van der Waals surface area (Å²) < 4.78 is 32.1. The summed E-state index contributed by atoms with van der Waals surface area (Å²) in [5.41, 5.74) is 2.32. The number of esters is 1. The summed E-state index contributed by atoms with van der Waals surface area (Å²) in [6, 6.07) is 8.23. The lowest BCUT2D eigenvalue weighted by Crippen LogP contribution is -2.22. The molecule has 8 heteroatoms. The zero-order valence-electron chi connectivity index (χ0n) is 14.2. The van der Waals surface area contributed by atoms with Crippen molar-refractivity contribution in [3.63, 3.8) is 0 Å². The summed E-state index contributed by atoms with van der Waals surface area (Å²) in [5, 5.41) is 4.20. The van der Waals surface area contributed by atoms with Crippen LogP contribution in [0.1, 0.15) is 17.0 Å². The molecule has 130 valence electrons. The van der Waals surface area contributed by atoms with Crippen LogP contribution in [0.15, 0.2) is 35.2 Å². The first kappa shape index (κ1) is 18.2. The highest BCUT2D eigenvalue weighted by Crippen LogP contribution is 2.15. The van der Waals surface area contributed by atoms with Crippen molar-refractivity contribution in [2.75, 3.05) is 14.1 Å². The maximum absolute atomic E-state index is 12.1. The van der Waals surface area contributed by atoms with Gasteiger partial charge in [0.15, 0.2) is 0 Å². The number of carbonyl (C=O) groups excluding carboxylic acids is 1. The molecule has 2 aromatic rings. The monoisotopic (exact) mass is 351 g/mol. The first-order valence-electron chi connectivity index (χ1n) is 7.38. The predicted molar refractivity (Wildman–Crippen MR) is 88.8 cm³/mol. The molecule has 0 aliphatic heterocycles. The second-order valence-electron chi connectivity index (χ2n) is 5.68. The number of nitrogens with zero attached hydrogens (tertiary/aromatic N) is 3. The minimum Gasteiger partial charge on any atom is -0.459 e. The van der Waals surface area contributed by atoms with E-state index in [1.807, 2.05) is 19.9 Å². The van der Waals surface area contributed by atoms with Gasteiger partial charge in [-0.05, 0) is 37.6 Å². The van der Waals surface area contributed by atoms with E-state index in [-0.39, 0.29) is 18.0 Å². The highest BCUT2D eigenvalue weighted by atomic mass is 32.2. The third-order valence-corrected chi connectivity index (χ3v) is 5.27. The van der Waals surface area contributed by atoms with Crippen LogP contribution in [0, 0.1) is 13.8 Å². The van der Waals surface area contributed by atoms with Crippen LogP contribution in [-0.2, 0) is 32.7 Å². The molecule has 0 bridgehead atoms. The van der Waals surface area contributed by atoms with E-state index in [1.54, 1.807) is 16.8 Å². The van der Waals surface area contributed by atoms with Gasteiger partial charge in [-0.3, -0.25) is 9.48 Å². The quantitative estimate of drug-likeness (QED) is 0.737. The standard InChI is InChI=1S/C16H21N3O4S/c1-12-8-13(2)19(17-12)10-16(20)23-11-14-6-5-7-15(9-14)24(21,22)18(3)4/h5-9H,10-11H2,1-4H3. The van der Waals surface area contributed by atoms with Gasteiger partial charge in [-0.15, -0.1) is 0 Å². The number of rotatable bonds is 6. The van der Waals surface area contributed by atoms with Crippen LogP contribution in [0.5, 0.6) is 0 Å². The predicted octanol–water partition coefficient (Wildman–Crippen LogP) is 1.49. The molecule has 0 amide bonds. The van der Waals surface area contributed by atoms with Crippen molar-refractivity contribution in [2.24, 2.45) is 0 Å². The minimum atomic E-state index is -3.51. The Labute approximate surface area is 141 Å². The van der Waals surface area contributed by atoms with E-state index in [1.165, 1.54) is 26.2 Å². The van der Waals surface area contributed by atoms with Crippen LogP contribution in [0.2, 0.25) is 0 Å². The Balaban J connectivity index is 2.02. The molecule has 0 fully saturated rings. The van der Waals surface area contributed by atoms with Gasteiger partial charge in [0.2, 0.25) is 10.0 Å². The van der Waals surface area contributed by atoms with Crippen LogP contribution in [0.3, 0.4) is 0 Å². The van der Waals surface area contributed by atoms with Gasteiger partial charge in [0.05, 0.1) is 10.6 Å². The fraction of sp³-hybridized carbons (Fsp3) is 0.375. The average Bonchev–Trinajstić information content (AvgIpc) is 2.83. The van der Waals surface area contributed by atoms with E-state index in [0.29, 0.717) is 5.56 Å². The normalized spacial score (nSPS) is 11.7. The van der Waals surface area contributed by atoms with Crippen molar-refractivity contribution in [1.82, 2.24) is 14.1 Å². The Bertz CT molecular complexity index is 841. The largest absolute Gasteiger partial charge is 0.459 e. The van der Waals surface area contributed by atoms with Crippen LogP contribution in [0.4, 0.5) is 0 Å². The third kappa shape index (κ3) is 4.21. The van der Waals surface area contributed by atoms with E-state index >= 15 is 0 Å². The number of benzene rings is 1. The molecule has 1 aromatic heterocycles. The smallest absolute Gasteiger partial charge is 0.328 e. The Morgan fingerprint density at radius 1 is 1.25 bits per heavy atom. The van der Waals surface area contributed by atoms with Gasteiger partial charge in [0, 0.05) is 19.8 Å². The van der Waals surface area contributed by atoms with Crippen LogP contribution in [-0.4, -0.2) is 42.6 Å². The molecule has 7 nitrogen and oxygen atoms in total. The molecular weight excluding hydrogens is 330 g/mol. The Kier molecular flexibility index (Phi) is 5.40. The van der Waals surface area contributed by atoms with Gasteiger partial charge >= 0.3 is 5.97 Å². The second kappa shape index (κ2) is 7.14. The topological polar surface area (TPSA) is 81.5 Å². The van der Waals surface area contributed by atoms with Crippen molar-refractivity contribution in [1.29, 1.82) is 0 Å². The average molecular weight is 351 g/mol. The van der Waals surface area contributed by atoms with Crippen LogP contribution in [0.25, 0.3) is 0 Å². The summed E-state index contributed by atoms with van der Waals surface area (Å²) in [4.78, 5) is 12.1. The zero-order chi connectivity index (χ0) is 17.9. The Hall–Kier alpha value is -2.19. The summed E-state index contributed by atoms with van der Waals surface area (Å²) >= 11 is 0. The molecule has 24 heavy (non-hydrogen) atoms. The van der Waals surface area contributed by atoms with E-state index in [0.717, 1.165) is 15.7 Å². The molecule has 0 atom stereocenters. The molecule has 1 heterocycles. The second-order valence-corrected chi connectivity index (χ2v) is 7.83. The van der Waals surface area contributed by atoms with E-state index in [9.17, 15) is 13.2 Å². The van der Waals surface area contributed by atoms with Gasteiger partial charge in [-0.25, -0.2) is 12.7 Å². The number of sulfonamides is 1. The molecule has 0 aliphatic rings. The van der Waals surface area contributed by atoms with Crippen molar-refractivity contribution in [2.45, 2.75) is 31.9 Å². The van der Waals surface area contributed by atoms with Crippen LogP contribution < -0.4 is 0 Å². The molecule has 0 aliphatic carbocycles. The van der Waals surface area contributed by atoms with Gasteiger partial charge < -0.3 is 4.74 Å². The number of aromatic nitrogens is 2. The fourth-order valence-electron chi connectivity index (χ4n) is 2.17. The summed E-state index contributed by atoms with van der Waals surface area (Å²) in [7, 11) is -0.573. The van der Waals surface area contributed by atoms with Crippen molar-refractivity contribution in [3.05, 3.63) is 47.3 Å².